The highest BCUT2D eigenvalue weighted by atomic mass is 28.4. The summed E-state index contributed by atoms with van der Waals surface area (Å²) >= 11 is 0. The number of aromatic hydroxyl groups is 1. The second kappa shape index (κ2) is 20.5. The van der Waals surface area contributed by atoms with E-state index in [9.17, 15) is 19.5 Å². The van der Waals surface area contributed by atoms with Crippen molar-refractivity contribution in [2.24, 2.45) is 0 Å². The highest BCUT2D eigenvalue weighted by Crippen LogP contribution is 2.43. The van der Waals surface area contributed by atoms with E-state index in [-0.39, 0.29) is 41.2 Å². The van der Waals surface area contributed by atoms with Crippen molar-refractivity contribution in [1.29, 1.82) is 0 Å². The summed E-state index contributed by atoms with van der Waals surface area (Å²) in [6.07, 6.45) is 1.47. The van der Waals surface area contributed by atoms with Crippen molar-refractivity contribution in [3.8, 4) is 34.5 Å². The molecule has 0 unspecified atom stereocenters. The Kier molecular flexibility index (Phi) is 15.1. The lowest BCUT2D eigenvalue weighted by molar-refractivity contribution is -0.117. The van der Waals surface area contributed by atoms with Crippen molar-refractivity contribution in [2.45, 2.75) is 96.7 Å². The molecule has 1 fully saturated rings. The van der Waals surface area contributed by atoms with Gasteiger partial charge < -0.3 is 39.9 Å². The molecule has 2 aliphatic heterocycles. The quantitative estimate of drug-likeness (QED) is 0.0448. The van der Waals surface area contributed by atoms with Gasteiger partial charge in [0, 0.05) is 68.3 Å². The van der Waals surface area contributed by atoms with Crippen LogP contribution in [0.3, 0.4) is 0 Å². The van der Waals surface area contributed by atoms with Gasteiger partial charge in [0.1, 0.15) is 17.6 Å². The number of phenols is 1. The maximum atomic E-state index is 13.4. The fourth-order valence-electron chi connectivity index (χ4n) is 7.66. The Labute approximate surface area is 367 Å². The number of benzene rings is 4. The molecule has 12 nitrogen and oxygen atoms in total. The topological polar surface area (TPSA) is 150 Å². The van der Waals surface area contributed by atoms with Gasteiger partial charge in [-0.1, -0.05) is 81.3 Å². The van der Waals surface area contributed by atoms with Gasteiger partial charge in [-0.3, -0.25) is 14.9 Å². The smallest absolute Gasteiger partial charge is 0.411 e. The molecule has 0 aliphatic carbocycles. The molecule has 2 aliphatic rings. The van der Waals surface area contributed by atoms with Gasteiger partial charge in [0.25, 0.3) is 0 Å². The summed E-state index contributed by atoms with van der Waals surface area (Å²) in [4.78, 5) is 40.7. The monoisotopic (exact) mass is 859 g/mol. The summed E-state index contributed by atoms with van der Waals surface area (Å²) in [7, 11) is -0.652. The van der Waals surface area contributed by atoms with Crippen LogP contribution in [-0.2, 0) is 31.7 Å². The molecule has 328 valence electrons. The Balaban J connectivity index is 1.04. The number of hydrogen-bond donors (Lipinski definition) is 5. The van der Waals surface area contributed by atoms with Gasteiger partial charge in [-0.25, -0.2) is 4.79 Å². The molecular weight excluding hydrogens is 799 g/mol. The molecule has 3 amide bonds. The summed E-state index contributed by atoms with van der Waals surface area (Å²) in [6, 6.07) is 24.9. The number of ether oxygens (including phenoxy) is 2. The number of nitrogens with one attached hydrogen (secondary N) is 4. The van der Waals surface area contributed by atoms with E-state index in [2.05, 4.69) is 71.9 Å². The average Bonchev–Trinajstić information content (AvgIpc) is 3.24. The number of nitrogens with zero attached hydrogens (tertiary/aromatic N) is 1. The number of anilines is 3. The molecule has 4 aromatic carbocycles. The highest BCUT2D eigenvalue weighted by Gasteiger charge is 2.40. The largest absolute Gasteiger partial charge is 0.506 e. The molecule has 1 atom stereocenters. The lowest BCUT2D eigenvalue weighted by Crippen LogP contribution is -2.43. The highest BCUT2D eigenvalue weighted by molar-refractivity contribution is 6.74. The molecule has 13 heteroatoms. The van der Waals surface area contributed by atoms with Gasteiger partial charge in [-0.2, -0.15) is 0 Å². The number of phenolic OH excluding ortho intramolecular Hbond substituents is 1. The minimum absolute atomic E-state index is 0.0453. The fraction of sp³-hybridized carbons (Fsp3) is 0.408. The molecule has 0 spiro atoms. The zero-order valence-electron chi connectivity index (χ0n) is 37.1. The standard InChI is InChI=1S/C49H61N5O7Si/c1-8-14-34-29-35(31-50-32-44(61-62(6,7)49(2,3)4)38-19-21-42(55)47-39(38)20-22-45(56)53-47)43(59-5)30-41(34)51-46(57)25-28-54-26-23-36(24-27-54)60-48(58)52-40-18-13-12-17-37(40)33-15-10-9-11-16-33/h9-13,15-19,21,29-30,36,44,50,55H,20,22-28,31-32H2,1-7H3,(H,51,57)(H,52,58)(H,53,56)/t44-/m0/s1. The molecule has 0 radical (unpaired) electrons. The molecule has 5 N–H and O–H groups in total. The van der Waals surface area contributed by atoms with E-state index in [4.69, 9.17) is 13.9 Å². The van der Waals surface area contributed by atoms with E-state index < -0.39 is 14.4 Å². The molecule has 2 heterocycles. The maximum absolute atomic E-state index is 13.4. The van der Waals surface area contributed by atoms with Gasteiger partial charge >= 0.3 is 6.09 Å². The molecular formula is C49H61N5O7Si. The Morgan fingerprint density at radius 1 is 0.968 bits per heavy atom. The van der Waals surface area contributed by atoms with E-state index >= 15 is 0 Å². The molecule has 0 bridgehead atoms. The molecule has 1 saturated heterocycles. The van der Waals surface area contributed by atoms with Gasteiger partial charge in [0.15, 0.2) is 8.32 Å². The van der Waals surface area contributed by atoms with Gasteiger partial charge in [-0.05, 0) is 79.2 Å². The van der Waals surface area contributed by atoms with Crippen LogP contribution in [0.5, 0.6) is 11.5 Å². The summed E-state index contributed by atoms with van der Waals surface area (Å²) in [6.45, 7) is 15.7. The van der Waals surface area contributed by atoms with Crippen LogP contribution in [0.4, 0.5) is 21.9 Å². The number of hydrogen-bond acceptors (Lipinski definition) is 9. The average molecular weight is 860 g/mol. The van der Waals surface area contributed by atoms with Crippen molar-refractivity contribution in [3.05, 3.63) is 101 Å². The predicted octanol–water partition coefficient (Wildman–Crippen LogP) is 9.22. The molecule has 0 saturated carbocycles. The third-order valence-electron chi connectivity index (χ3n) is 12.1. The van der Waals surface area contributed by atoms with Crippen LogP contribution in [0.2, 0.25) is 18.1 Å². The molecule has 6 rings (SSSR count). The number of carbonyl (C=O) groups is 3. The number of rotatable bonds is 15. The van der Waals surface area contributed by atoms with Crippen molar-refractivity contribution in [3.63, 3.8) is 0 Å². The van der Waals surface area contributed by atoms with E-state index in [1.807, 2.05) is 72.8 Å². The minimum atomic E-state index is -2.26. The van der Waals surface area contributed by atoms with E-state index in [1.54, 1.807) is 20.1 Å². The van der Waals surface area contributed by atoms with Gasteiger partial charge in [0.05, 0.1) is 30.3 Å². The van der Waals surface area contributed by atoms with Crippen molar-refractivity contribution >= 4 is 43.3 Å². The van der Waals surface area contributed by atoms with Crippen LogP contribution in [0.25, 0.3) is 11.1 Å². The first-order chi connectivity index (χ1) is 29.6. The van der Waals surface area contributed by atoms with E-state index in [0.29, 0.717) is 86.8 Å². The lowest BCUT2D eigenvalue weighted by Gasteiger charge is -2.40. The Hall–Kier alpha value is -5.65. The third kappa shape index (κ3) is 11.6. The first-order valence-corrected chi connectivity index (χ1v) is 24.4. The van der Waals surface area contributed by atoms with Crippen LogP contribution >= 0.6 is 0 Å². The zero-order valence-corrected chi connectivity index (χ0v) is 38.1. The predicted molar refractivity (Wildman–Crippen MR) is 248 cm³/mol. The van der Waals surface area contributed by atoms with Gasteiger partial charge in [0.2, 0.25) is 11.8 Å². The second-order valence-electron chi connectivity index (χ2n) is 17.4. The second-order valence-corrected chi connectivity index (χ2v) is 22.2. The molecule has 4 aromatic rings. The normalized spacial score (nSPS) is 15.0. The van der Waals surface area contributed by atoms with Crippen molar-refractivity contribution in [2.75, 3.05) is 49.2 Å². The summed E-state index contributed by atoms with van der Waals surface area (Å²) in [5.41, 5.74) is 7.06. The van der Waals surface area contributed by atoms with Gasteiger partial charge in [-0.15, -0.1) is 5.92 Å². The number of fused-ring (bicyclic) bond motifs is 1. The van der Waals surface area contributed by atoms with Crippen molar-refractivity contribution < 1.29 is 33.4 Å². The SMILES string of the molecule is CC#Cc1cc(CNC[C@H](O[Si](C)(C)C(C)(C)C)c2ccc(O)c3c2CCC(=O)N3)c(OC)cc1NC(=O)CCN1CCC(OC(=O)Nc2ccccc2-c2ccccc2)CC1. The van der Waals surface area contributed by atoms with E-state index in [0.717, 1.165) is 27.8 Å². The lowest BCUT2D eigenvalue weighted by atomic mass is 9.93. The Morgan fingerprint density at radius 3 is 2.40 bits per heavy atom. The van der Waals surface area contributed by atoms with Crippen LogP contribution in [0.15, 0.2) is 78.9 Å². The number of likely N-dealkylation sites (tertiary alicyclic amines) is 1. The van der Waals surface area contributed by atoms with Crippen LogP contribution < -0.4 is 26.0 Å². The number of methoxy groups -OCH3 is 1. The van der Waals surface area contributed by atoms with Crippen LogP contribution in [0.1, 0.15) is 81.7 Å². The zero-order chi connectivity index (χ0) is 44.4. The van der Waals surface area contributed by atoms with E-state index in [1.165, 1.54) is 0 Å². The van der Waals surface area contributed by atoms with Crippen LogP contribution in [-0.4, -0.2) is 75.6 Å². The maximum Gasteiger partial charge on any atom is 0.411 e. The number of piperidine rings is 1. The summed E-state index contributed by atoms with van der Waals surface area (Å²) in [5.74, 6) is 6.55. The van der Waals surface area contributed by atoms with Crippen molar-refractivity contribution in [1.82, 2.24) is 10.2 Å². The molecule has 62 heavy (non-hydrogen) atoms. The fourth-order valence-corrected chi connectivity index (χ4v) is 8.93. The van der Waals surface area contributed by atoms with Crippen LogP contribution in [0, 0.1) is 11.8 Å². The summed E-state index contributed by atoms with van der Waals surface area (Å²) in [5, 5.41) is 23.0. The third-order valence-corrected chi connectivity index (χ3v) is 16.6. The molecule has 0 aromatic heterocycles. The Bertz CT molecular complexity index is 2290. The number of amides is 3. The number of carbonyl (C=O) groups excluding carboxylic acids is 3. The first kappa shape index (κ1) is 45.9. The number of para-hydroxylation sites is 1. The minimum Gasteiger partial charge on any atom is -0.506 e. The first-order valence-electron chi connectivity index (χ1n) is 21.5. The Morgan fingerprint density at radius 2 is 1.69 bits per heavy atom. The summed E-state index contributed by atoms with van der Waals surface area (Å²) < 4.78 is 18.7.